The normalized spacial score (nSPS) is 12.1. The van der Waals surface area contributed by atoms with Gasteiger partial charge in [0.1, 0.15) is 5.69 Å². The van der Waals surface area contributed by atoms with Gasteiger partial charge in [0.05, 0.1) is 6.04 Å². The van der Waals surface area contributed by atoms with Crippen molar-refractivity contribution >= 4 is 16.7 Å². The molecule has 0 spiro atoms. The number of amides is 1. The molecule has 0 saturated carbocycles. The molecule has 0 aliphatic heterocycles. The molecule has 3 rings (SSSR count). The van der Waals surface area contributed by atoms with Gasteiger partial charge < -0.3 is 5.32 Å². The van der Waals surface area contributed by atoms with Gasteiger partial charge in [-0.05, 0) is 35.4 Å². The molecule has 1 N–H and O–H groups in total. The van der Waals surface area contributed by atoms with E-state index in [1.165, 1.54) is 19.2 Å². The highest BCUT2D eigenvalue weighted by Gasteiger charge is 2.13. The number of nitrogens with zero attached hydrogens (tertiary/aromatic N) is 2. The fraction of sp³-hybridized carbons (Fsp3) is 0.167. The van der Waals surface area contributed by atoms with Crippen molar-refractivity contribution in [3.8, 4) is 0 Å². The van der Waals surface area contributed by atoms with Gasteiger partial charge in [-0.1, -0.05) is 36.4 Å². The van der Waals surface area contributed by atoms with E-state index in [-0.39, 0.29) is 23.2 Å². The van der Waals surface area contributed by atoms with Crippen LogP contribution in [0.15, 0.2) is 59.4 Å². The number of benzene rings is 2. The maximum atomic E-state index is 12.3. The Balaban J connectivity index is 1.81. The SMILES string of the molecule is CC(NC(=O)c1ccc(=O)n(C)n1)c1ccc2ccccc2c1. The van der Waals surface area contributed by atoms with Gasteiger partial charge in [-0.2, -0.15) is 5.10 Å². The molecule has 0 fully saturated rings. The molecule has 0 aliphatic carbocycles. The van der Waals surface area contributed by atoms with Crippen LogP contribution in [-0.4, -0.2) is 15.7 Å². The first kappa shape index (κ1) is 15.0. The summed E-state index contributed by atoms with van der Waals surface area (Å²) in [5.41, 5.74) is 0.991. The first-order valence-corrected chi connectivity index (χ1v) is 7.38. The Labute approximate surface area is 133 Å². The van der Waals surface area contributed by atoms with Gasteiger partial charge >= 0.3 is 0 Å². The molecule has 2 aromatic carbocycles. The molecule has 1 unspecified atom stereocenters. The van der Waals surface area contributed by atoms with E-state index in [1.54, 1.807) is 0 Å². The summed E-state index contributed by atoms with van der Waals surface area (Å²) >= 11 is 0. The highest BCUT2D eigenvalue weighted by molar-refractivity contribution is 5.92. The largest absolute Gasteiger partial charge is 0.344 e. The summed E-state index contributed by atoms with van der Waals surface area (Å²) in [5.74, 6) is -0.304. The summed E-state index contributed by atoms with van der Waals surface area (Å²) in [6.45, 7) is 1.92. The summed E-state index contributed by atoms with van der Waals surface area (Å²) in [6.07, 6.45) is 0. The van der Waals surface area contributed by atoms with E-state index in [1.807, 2.05) is 37.3 Å². The van der Waals surface area contributed by atoms with Crippen LogP contribution in [0.5, 0.6) is 0 Å². The van der Waals surface area contributed by atoms with Crippen molar-refractivity contribution in [2.75, 3.05) is 0 Å². The minimum atomic E-state index is -0.304. The number of nitrogens with one attached hydrogen (secondary N) is 1. The summed E-state index contributed by atoms with van der Waals surface area (Å²) in [4.78, 5) is 23.6. The number of carbonyl (C=O) groups is 1. The number of aryl methyl sites for hydroxylation is 1. The minimum absolute atomic E-state index is 0.161. The highest BCUT2D eigenvalue weighted by Crippen LogP contribution is 2.20. The molecular weight excluding hydrogens is 290 g/mol. The lowest BCUT2D eigenvalue weighted by Crippen LogP contribution is -2.30. The monoisotopic (exact) mass is 307 g/mol. The van der Waals surface area contributed by atoms with Crippen molar-refractivity contribution in [2.45, 2.75) is 13.0 Å². The van der Waals surface area contributed by atoms with E-state index < -0.39 is 0 Å². The van der Waals surface area contributed by atoms with Gasteiger partial charge in [-0.15, -0.1) is 0 Å². The third-order valence-corrected chi connectivity index (χ3v) is 3.81. The minimum Gasteiger partial charge on any atom is -0.344 e. The molecule has 1 heterocycles. The average Bonchev–Trinajstić information content (AvgIpc) is 2.56. The van der Waals surface area contributed by atoms with Crippen molar-refractivity contribution in [3.63, 3.8) is 0 Å². The Hall–Kier alpha value is -2.95. The maximum absolute atomic E-state index is 12.3. The molecule has 5 nitrogen and oxygen atoms in total. The zero-order chi connectivity index (χ0) is 16.4. The Morgan fingerprint density at radius 3 is 2.57 bits per heavy atom. The molecule has 0 saturated heterocycles. The summed E-state index contributed by atoms with van der Waals surface area (Å²) in [5, 5.41) is 9.16. The molecule has 0 bridgehead atoms. The number of fused-ring (bicyclic) bond motifs is 1. The van der Waals surface area contributed by atoms with Crippen LogP contribution in [0.4, 0.5) is 0 Å². The zero-order valence-corrected chi connectivity index (χ0v) is 13.0. The molecular formula is C18H17N3O2. The van der Waals surface area contributed by atoms with E-state index in [2.05, 4.69) is 22.5 Å². The van der Waals surface area contributed by atoms with Crippen molar-refractivity contribution in [1.82, 2.24) is 15.1 Å². The molecule has 1 amide bonds. The summed E-state index contributed by atoms with van der Waals surface area (Å²) in [7, 11) is 1.52. The summed E-state index contributed by atoms with van der Waals surface area (Å²) in [6, 6.07) is 16.8. The Kier molecular flexibility index (Phi) is 3.93. The average molecular weight is 307 g/mol. The molecule has 1 aromatic heterocycles. The number of hydrogen-bond donors (Lipinski definition) is 1. The Bertz CT molecular complexity index is 931. The van der Waals surface area contributed by atoms with E-state index in [0.717, 1.165) is 21.0 Å². The standard InChI is InChI=1S/C18H17N3O2/c1-12(14-8-7-13-5-3-4-6-15(13)11-14)19-18(23)16-9-10-17(22)21(2)20-16/h3-12H,1-2H3,(H,19,23). The first-order chi connectivity index (χ1) is 11.0. The van der Waals surface area contributed by atoms with Gasteiger partial charge in [0.2, 0.25) is 0 Å². The van der Waals surface area contributed by atoms with Gasteiger partial charge in [0.25, 0.3) is 11.5 Å². The van der Waals surface area contributed by atoms with Gasteiger partial charge in [-0.3, -0.25) is 9.59 Å². The second-order valence-electron chi connectivity index (χ2n) is 5.48. The second kappa shape index (κ2) is 6.04. The van der Waals surface area contributed by atoms with Crippen LogP contribution in [0.3, 0.4) is 0 Å². The second-order valence-corrected chi connectivity index (χ2v) is 5.48. The van der Waals surface area contributed by atoms with E-state index >= 15 is 0 Å². The molecule has 116 valence electrons. The fourth-order valence-corrected chi connectivity index (χ4v) is 2.45. The van der Waals surface area contributed by atoms with Crippen LogP contribution < -0.4 is 10.9 Å². The van der Waals surface area contributed by atoms with Crippen LogP contribution in [0.25, 0.3) is 10.8 Å². The van der Waals surface area contributed by atoms with Crippen LogP contribution in [0.2, 0.25) is 0 Å². The predicted octanol–water partition coefficient (Wildman–Crippen LogP) is 2.42. The van der Waals surface area contributed by atoms with E-state index in [9.17, 15) is 9.59 Å². The van der Waals surface area contributed by atoms with Crippen molar-refractivity contribution in [3.05, 3.63) is 76.2 Å². The van der Waals surface area contributed by atoms with Crippen LogP contribution in [0, 0.1) is 0 Å². The number of carbonyl (C=O) groups excluding carboxylic acids is 1. The van der Waals surface area contributed by atoms with Crippen molar-refractivity contribution < 1.29 is 4.79 Å². The summed E-state index contributed by atoms with van der Waals surface area (Å²) < 4.78 is 1.15. The molecule has 0 radical (unpaired) electrons. The zero-order valence-electron chi connectivity index (χ0n) is 13.0. The third kappa shape index (κ3) is 3.13. The number of hydrogen-bond acceptors (Lipinski definition) is 3. The molecule has 5 heteroatoms. The van der Waals surface area contributed by atoms with Crippen molar-refractivity contribution in [1.29, 1.82) is 0 Å². The quantitative estimate of drug-likeness (QED) is 0.808. The fourth-order valence-electron chi connectivity index (χ4n) is 2.45. The first-order valence-electron chi connectivity index (χ1n) is 7.38. The Morgan fingerprint density at radius 2 is 1.83 bits per heavy atom. The number of aromatic nitrogens is 2. The lowest BCUT2D eigenvalue weighted by molar-refractivity contribution is 0.0932. The van der Waals surface area contributed by atoms with Crippen LogP contribution in [-0.2, 0) is 7.05 Å². The van der Waals surface area contributed by atoms with Crippen LogP contribution >= 0.6 is 0 Å². The van der Waals surface area contributed by atoms with Gasteiger partial charge in [-0.25, -0.2) is 4.68 Å². The predicted molar refractivity (Wildman–Crippen MR) is 89.3 cm³/mol. The van der Waals surface area contributed by atoms with Crippen LogP contribution in [0.1, 0.15) is 29.0 Å². The molecule has 3 aromatic rings. The Morgan fingerprint density at radius 1 is 1.09 bits per heavy atom. The molecule has 1 atom stereocenters. The lowest BCUT2D eigenvalue weighted by atomic mass is 10.0. The lowest BCUT2D eigenvalue weighted by Gasteiger charge is -2.15. The topological polar surface area (TPSA) is 64.0 Å². The molecule has 0 aliphatic rings. The number of rotatable bonds is 3. The third-order valence-electron chi connectivity index (χ3n) is 3.81. The highest BCUT2D eigenvalue weighted by atomic mass is 16.2. The van der Waals surface area contributed by atoms with Gasteiger partial charge in [0.15, 0.2) is 0 Å². The van der Waals surface area contributed by atoms with E-state index in [0.29, 0.717) is 0 Å². The maximum Gasteiger partial charge on any atom is 0.272 e. The molecule has 23 heavy (non-hydrogen) atoms. The van der Waals surface area contributed by atoms with Crippen molar-refractivity contribution in [2.24, 2.45) is 7.05 Å². The smallest absolute Gasteiger partial charge is 0.272 e. The van der Waals surface area contributed by atoms with E-state index in [4.69, 9.17) is 0 Å². The van der Waals surface area contributed by atoms with Gasteiger partial charge in [0, 0.05) is 13.1 Å².